The summed E-state index contributed by atoms with van der Waals surface area (Å²) >= 11 is 0. The molecule has 5 aromatic rings. The first-order valence-electron chi connectivity index (χ1n) is 13.8. The number of rotatable bonds is 9. The molecule has 0 atom stereocenters. The van der Waals surface area contributed by atoms with Gasteiger partial charge in [-0.3, -0.25) is 19.6 Å². The van der Waals surface area contributed by atoms with Crippen molar-refractivity contribution in [3.05, 3.63) is 130 Å². The molecule has 3 aromatic carbocycles. The molecular formula is C34H29FN4O4. The van der Waals surface area contributed by atoms with Crippen LogP contribution in [0, 0.1) is 5.82 Å². The van der Waals surface area contributed by atoms with Gasteiger partial charge in [-0.2, -0.15) is 0 Å². The molecule has 2 amide bonds. The van der Waals surface area contributed by atoms with Crippen LogP contribution < -0.4 is 14.8 Å². The van der Waals surface area contributed by atoms with E-state index in [0.29, 0.717) is 45.5 Å². The number of ether oxygens (including phenoxy) is 2. The highest BCUT2D eigenvalue weighted by Crippen LogP contribution is 2.41. The van der Waals surface area contributed by atoms with E-state index in [-0.39, 0.29) is 37.3 Å². The molecular weight excluding hydrogens is 547 g/mol. The second-order valence-electron chi connectivity index (χ2n) is 10.4. The number of halogens is 1. The number of nitrogens with zero attached hydrogens (tertiary/aromatic N) is 3. The van der Waals surface area contributed by atoms with Crippen molar-refractivity contribution < 1.29 is 23.5 Å². The van der Waals surface area contributed by atoms with Crippen LogP contribution in [0.5, 0.6) is 11.5 Å². The number of benzene rings is 3. The number of pyridine rings is 2. The van der Waals surface area contributed by atoms with Crippen molar-refractivity contribution in [3.8, 4) is 11.5 Å². The van der Waals surface area contributed by atoms with Crippen molar-refractivity contribution in [3.63, 3.8) is 0 Å². The lowest BCUT2D eigenvalue weighted by Gasteiger charge is -2.18. The summed E-state index contributed by atoms with van der Waals surface area (Å²) in [6.07, 6.45) is 3.86. The number of hydrogen-bond donors (Lipinski definition) is 1. The molecule has 0 unspecified atom stereocenters. The first-order valence-corrected chi connectivity index (χ1v) is 13.8. The van der Waals surface area contributed by atoms with E-state index in [4.69, 9.17) is 14.5 Å². The van der Waals surface area contributed by atoms with E-state index in [1.165, 1.54) is 12.1 Å². The summed E-state index contributed by atoms with van der Waals surface area (Å²) in [6.45, 7) is 0.655. The number of nitrogens with one attached hydrogen (secondary N) is 1. The molecule has 43 heavy (non-hydrogen) atoms. The van der Waals surface area contributed by atoms with Gasteiger partial charge in [0.2, 0.25) is 0 Å². The highest BCUT2D eigenvalue weighted by Gasteiger charge is 2.36. The summed E-state index contributed by atoms with van der Waals surface area (Å²) < 4.78 is 25.1. The number of amides is 2. The molecule has 0 spiro atoms. The molecule has 3 heterocycles. The first-order chi connectivity index (χ1) is 20.9. The Hall–Kier alpha value is -5.31. The number of aromatic nitrogens is 2. The minimum atomic E-state index is -0.336. The van der Waals surface area contributed by atoms with Crippen molar-refractivity contribution in [1.29, 1.82) is 0 Å². The van der Waals surface area contributed by atoms with Gasteiger partial charge in [0, 0.05) is 36.9 Å². The zero-order valence-electron chi connectivity index (χ0n) is 23.8. The van der Waals surface area contributed by atoms with Crippen molar-refractivity contribution in [2.45, 2.75) is 26.1 Å². The minimum Gasteiger partial charge on any atom is -0.497 e. The average Bonchev–Trinajstić information content (AvgIpc) is 3.32. The molecule has 216 valence electrons. The van der Waals surface area contributed by atoms with Crippen LogP contribution in [-0.2, 0) is 26.1 Å². The van der Waals surface area contributed by atoms with Crippen LogP contribution in [0.15, 0.2) is 85.2 Å². The third kappa shape index (κ3) is 5.74. The molecule has 0 radical (unpaired) electrons. The summed E-state index contributed by atoms with van der Waals surface area (Å²) in [4.78, 5) is 38.0. The topological polar surface area (TPSA) is 93.7 Å². The largest absolute Gasteiger partial charge is 0.497 e. The number of carbonyl (C=O) groups excluding carboxylic acids is 2. The second-order valence-corrected chi connectivity index (χ2v) is 10.4. The zero-order chi connectivity index (χ0) is 29.9. The lowest BCUT2D eigenvalue weighted by Crippen LogP contribution is -2.25. The van der Waals surface area contributed by atoms with E-state index >= 15 is 0 Å². The molecule has 0 saturated heterocycles. The predicted octanol–water partition coefficient (Wildman–Crippen LogP) is 5.46. The smallest absolute Gasteiger partial charge is 0.258 e. The van der Waals surface area contributed by atoms with Gasteiger partial charge in [-0.15, -0.1) is 0 Å². The Labute approximate surface area is 248 Å². The normalized spacial score (nSPS) is 12.3. The molecule has 2 aromatic heterocycles. The fourth-order valence-electron chi connectivity index (χ4n) is 5.28. The molecule has 1 N–H and O–H groups in total. The van der Waals surface area contributed by atoms with E-state index in [2.05, 4.69) is 10.3 Å². The SMILES string of the molecule is COc1ccc(COc2c3c(c(C(=O)NCc4ccccn4)c4cc(Cc5ccc(F)cc5)cnc24)CN(C)C3=O)cc1. The van der Waals surface area contributed by atoms with Gasteiger partial charge < -0.3 is 19.7 Å². The molecule has 1 aliphatic heterocycles. The van der Waals surface area contributed by atoms with Crippen molar-refractivity contribution >= 4 is 22.7 Å². The zero-order valence-corrected chi connectivity index (χ0v) is 23.8. The molecule has 0 fully saturated rings. The molecule has 0 bridgehead atoms. The van der Waals surface area contributed by atoms with Gasteiger partial charge in [0.15, 0.2) is 5.75 Å². The molecule has 0 aliphatic carbocycles. The standard InChI is InChI=1S/C34H29FN4O4/c1-39-19-28-29(33(40)38-18-25-5-3-4-14-36-25)27-16-23(15-21-6-10-24(35)11-7-21)17-37-31(27)32(30(28)34(39)41)43-20-22-8-12-26(42-2)13-9-22/h3-14,16-17H,15,18-20H2,1-2H3,(H,38,40). The van der Waals surface area contributed by atoms with E-state index in [0.717, 1.165) is 22.4 Å². The minimum absolute atomic E-state index is 0.187. The highest BCUT2D eigenvalue weighted by atomic mass is 19.1. The lowest BCUT2D eigenvalue weighted by molar-refractivity contribution is 0.0812. The third-order valence-electron chi connectivity index (χ3n) is 7.46. The molecule has 8 nitrogen and oxygen atoms in total. The van der Waals surface area contributed by atoms with Crippen LogP contribution >= 0.6 is 0 Å². The van der Waals surface area contributed by atoms with Gasteiger partial charge in [-0.25, -0.2) is 4.39 Å². The number of methoxy groups -OCH3 is 1. The Morgan fingerprint density at radius 2 is 1.77 bits per heavy atom. The van der Waals surface area contributed by atoms with Crippen LogP contribution in [0.3, 0.4) is 0 Å². The summed E-state index contributed by atoms with van der Waals surface area (Å²) in [5.41, 5.74) is 5.04. The predicted molar refractivity (Wildman–Crippen MR) is 159 cm³/mol. The van der Waals surface area contributed by atoms with E-state index in [1.54, 1.807) is 43.6 Å². The summed E-state index contributed by atoms with van der Waals surface area (Å²) in [6, 6.07) is 21.2. The fourth-order valence-corrected chi connectivity index (χ4v) is 5.28. The van der Waals surface area contributed by atoms with E-state index < -0.39 is 0 Å². The van der Waals surface area contributed by atoms with Gasteiger partial charge in [0.25, 0.3) is 11.8 Å². The Bertz CT molecular complexity index is 1810. The fraction of sp³-hybridized carbons (Fsp3) is 0.176. The maximum Gasteiger partial charge on any atom is 0.258 e. The maximum absolute atomic E-state index is 13.9. The van der Waals surface area contributed by atoms with Crippen LogP contribution in [-0.4, -0.2) is 40.8 Å². The Kier molecular flexibility index (Phi) is 7.70. The molecule has 1 aliphatic rings. The lowest BCUT2D eigenvalue weighted by atomic mass is 9.94. The van der Waals surface area contributed by atoms with E-state index in [1.807, 2.05) is 48.5 Å². The van der Waals surface area contributed by atoms with Crippen LogP contribution in [0.2, 0.25) is 0 Å². The number of carbonyl (C=O) groups is 2. The average molecular weight is 577 g/mol. The number of hydrogen-bond acceptors (Lipinski definition) is 6. The van der Waals surface area contributed by atoms with Crippen LogP contribution in [0.25, 0.3) is 10.9 Å². The van der Waals surface area contributed by atoms with Gasteiger partial charge in [0.1, 0.15) is 23.7 Å². The Morgan fingerprint density at radius 3 is 2.49 bits per heavy atom. The van der Waals surface area contributed by atoms with Gasteiger partial charge in [-0.05, 0) is 65.6 Å². The molecule has 0 saturated carbocycles. The first kappa shape index (κ1) is 27.8. The second kappa shape index (κ2) is 11.9. The molecule has 9 heteroatoms. The van der Waals surface area contributed by atoms with Crippen molar-refractivity contribution in [2.75, 3.05) is 14.2 Å². The number of fused-ring (bicyclic) bond motifs is 2. The van der Waals surface area contributed by atoms with Crippen LogP contribution in [0.1, 0.15) is 48.7 Å². The quantitative estimate of drug-likeness (QED) is 0.250. The Morgan fingerprint density at radius 1 is 1.00 bits per heavy atom. The Balaban J connectivity index is 1.45. The summed E-state index contributed by atoms with van der Waals surface area (Å²) in [5.74, 6) is 0.179. The molecule has 6 rings (SSSR count). The van der Waals surface area contributed by atoms with Gasteiger partial charge in [-0.1, -0.05) is 30.3 Å². The highest BCUT2D eigenvalue weighted by molar-refractivity contribution is 6.16. The third-order valence-corrected chi connectivity index (χ3v) is 7.46. The van der Waals surface area contributed by atoms with E-state index in [9.17, 15) is 14.0 Å². The summed E-state index contributed by atoms with van der Waals surface area (Å²) in [5, 5.41) is 3.55. The summed E-state index contributed by atoms with van der Waals surface area (Å²) in [7, 11) is 3.30. The van der Waals surface area contributed by atoms with Crippen molar-refractivity contribution in [2.24, 2.45) is 0 Å². The monoisotopic (exact) mass is 576 g/mol. The van der Waals surface area contributed by atoms with Crippen LogP contribution in [0.4, 0.5) is 4.39 Å². The van der Waals surface area contributed by atoms with Crippen molar-refractivity contribution in [1.82, 2.24) is 20.2 Å². The maximum atomic E-state index is 13.9. The van der Waals surface area contributed by atoms with Gasteiger partial charge >= 0.3 is 0 Å². The van der Waals surface area contributed by atoms with Gasteiger partial charge in [0.05, 0.1) is 30.5 Å².